The molecule has 0 amide bonds. The minimum atomic E-state index is -0.493. The number of hydrogen-bond acceptors (Lipinski definition) is 4. The number of carbonyl (C=O) groups excluding carboxylic acids is 2. The maximum atomic E-state index is 12.9. The minimum Gasteiger partial charge on any atom is -0.486 e. The van der Waals surface area contributed by atoms with Crippen molar-refractivity contribution in [3.63, 3.8) is 0 Å². The highest BCUT2D eigenvalue weighted by Crippen LogP contribution is 2.49. The van der Waals surface area contributed by atoms with E-state index < -0.39 is 5.92 Å². The third kappa shape index (κ3) is 3.87. The smallest absolute Gasteiger partial charge is 0.163 e. The third-order valence-corrected chi connectivity index (χ3v) is 6.78. The standard InChI is InChI=1S/C26H22Cl2O4/c27-17-12-16(13-18(28)26(17)31-14-15-6-2-1-3-7-15)23-24-19(29)8-4-10-21(24)32-22-11-5-9-20(30)25(22)23/h1-3,6-7,12-13,23H,4-5,8-11,14H2. The second-order valence-electron chi connectivity index (χ2n) is 8.35. The van der Waals surface area contributed by atoms with Crippen LogP contribution >= 0.6 is 23.2 Å². The SMILES string of the molecule is O=C1CCCC2=C1C(c1cc(Cl)c(OCc3ccccc3)c(Cl)c1)C1=C(CCCC1=O)O2. The summed E-state index contributed by atoms with van der Waals surface area (Å²) in [6.45, 7) is 0.332. The van der Waals surface area contributed by atoms with Crippen molar-refractivity contribution >= 4 is 34.8 Å². The van der Waals surface area contributed by atoms with Crippen LogP contribution in [0.25, 0.3) is 0 Å². The van der Waals surface area contributed by atoms with Crippen LogP contribution in [0.2, 0.25) is 10.0 Å². The lowest BCUT2D eigenvalue weighted by Gasteiger charge is -2.36. The average molecular weight is 469 g/mol. The van der Waals surface area contributed by atoms with Gasteiger partial charge >= 0.3 is 0 Å². The molecule has 0 saturated carbocycles. The van der Waals surface area contributed by atoms with Crippen LogP contribution in [0, 0.1) is 0 Å². The van der Waals surface area contributed by atoms with Crippen molar-refractivity contribution in [3.05, 3.63) is 86.3 Å². The Morgan fingerprint density at radius 1 is 0.844 bits per heavy atom. The van der Waals surface area contributed by atoms with Gasteiger partial charge < -0.3 is 9.47 Å². The van der Waals surface area contributed by atoms with Gasteiger partial charge in [-0.05, 0) is 36.1 Å². The quantitative estimate of drug-likeness (QED) is 0.500. The van der Waals surface area contributed by atoms with Gasteiger partial charge in [-0.2, -0.15) is 0 Å². The molecule has 32 heavy (non-hydrogen) atoms. The number of ketones is 2. The number of ether oxygens (including phenoxy) is 2. The van der Waals surface area contributed by atoms with Gasteiger partial charge in [0.1, 0.15) is 18.1 Å². The number of hydrogen-bond donors (Lipinski definition) is 0. The minimum absolute atomic E-state index is 0.0258. The third-order valence-electron chi connectivity index (χ3n) is 6.22. The molecule has 0 atom stereocenters. The van der Waals surface area contributed by atoms with Crippen LogP contribution in [0.5, 0.6) is 5.75 Å². The molecule has 2 aliphatic carbocycles. The Kier molecular flexibility index (Phi) is 5.83. The molecule has 2 aromatic carbocycles. The first-order valence-corrected chi connectivity index (χ1v) is 11.6. The Morgan fingerprint density at radius 2 is 1.41 bits per heavy atom. The molecule has 0 aromatic heterocycles. The van der Waals surface area contributed by atoms with Gasteiger partial charge in [0, 0.05) is 42.7 Å². The molecule has 0 bridgehead atoms. The Morgan fingerprint density at radius 3 is 1.97 bits per heavy atom. The van der Waals surface area contributed by atoms with Gasteiger partial charge in [-0.3, -0.25) is 9.59 Å². The van der Waals surface area contributed by atoms with E-state index in [2.05, 4.69) is 0 Å². The topological polar surface area (TPSA) is 52.6 Å². The molecular formula is C26H22Cl2O4. The number of carbonyl (C=O) groups is 2. The molecule has 0 saturated heterocycles. The van der Waals surface area contributed by atoms with Crippen molar-refractivity contribution in [2.24, 2.45) is 0 Å². The second kappa shape index (κ2) is 8.76. The van der Waals surface area contributed by atoms with Gasteiger partial charge in [-0.25, -0.2) is 0 Å². The molecule has 2 aromatic rings. The highest BCUT2D eigenvalue weighted by Gasteiger charge is 2.42. The molecule has 0 fully saturated rings. The first-order valence-electron chi connectivity index (χ1n) is 10.9. The summed E-state index contributed by atoms with van der Waals surface area (Å²) in [7, 11) is 0. The van der Waals surface area contributed by atoms with Gasteiger partial charge in [-0.15, -0.1) is 0 Å². The maximum absolute atomic E-state index is 12.9. The van der Waals surface area contributed by atoms with Crippen LogP contribution < -0.4 is 4.74 Å². The Labute approximate surface area is 196 Å². The van der Waals surface area contributed by atoms with E-state index in [-0.39, 0.29) is 11.6 Å². The van der Waals surface area contributed by atoms with E-state index in [1.165, 1.54) is 0 Å². The van der Waals surface area contributed by atoms with Crippen LogP contribution in [0.1, 0.15) is 55.6 Å². The van der Waals surface area contributed by atoms with E-state index in [9.17, 15) is 9.59 Å². The van der Waals surface area contributed by atoms with Crippen LogP contribution in [0.15, 0.2) is 65.1 Å². The first kappa shape index (κ1) is 21.3. The zero-order chi connectivity index (χ0) is 22.2. The number of benzene rings is 2. The van der Waals surface area contributed by atoms with E-state index >= 15 is 0 Å². The molecular weight excluding hydrogens is 447 g/mol. The normalized spacial score (nSPS) is 18.9. The molecule has 0 N–H and O–H groups in total. The van der Waals surface area contributed by atoms with Crippen molar-refractivity contribution < 1.29 is 19.1 Å². The van der Waals surface area contributed by atoms with E-state index in [1.807, 2.05) is 30.3 Å². The van der Waals surface area contributed by atoms with E-state index in [0.29, 0.717) is 70.7 Å². The molecule has 0 unspecified atom stereocenters. The first-order chi connectivity index (χ1) is 15.5. The maximum Gasteiger partial charge on any atom is 0.163 e. The van der Waals surface area contributed by atoms with Crippen LogP contribution in [-0.4, -0.2) is 11.6 Å². The molecule has 0 spiro atoms. The summed E-state index contributed by atoms with van der Waals surface area (Å²) >= 11 is 13.2. The number of allylic oxidation sites excluding steroid dienone is 4. The number of Topliss-reactive ketones (excluding diaryl/α,β-unsaturated/α-hetero) is 2. The van der Waals surface area contributed by atoms with Gasteiger partial charge in [0.15, 0.2) is 17.3 Å². The molecule has 6 heteroatoms. The van der Waals surface area contributed by atoms with Gasteiger partial charge in [0.05, 0.1) is 10.0 Å². The Hall–Kier alpha value is -2.56. The van der Waals surface area contributed by atoms with Crippen molar-refractivity contribution in [2.75, 3.05) is 0 Å². The largest absolute Gasteiger partial charge is 0.486 e. The summed E-state index contributed by atoms with van der Waals surface area (Å²) in [6, 6.07) is 13.3. The summed E-state index contributed by atoms with van der Waals surface area (Å²) in [4.78, 5) is 25.9. The van der Waals surface area contributed by atoms with Crippen molar-refractivity contribution in [3.8, 4) is 5.75 Å². The average Bonchev–Trinajstić information content (AvgIpc) is 2.78. The zero-order valence-electron chi connectivity index (χ0n) is 17.5. The summed E-state index contributed by atoms with van der Waals surface area (Å²) in [5.74, 6) is 1.33. The fourth-order valence-electron chi connectivity index (χ4n) is 4.76. The van der Waals surface area contributed by atoms with Crippen LogP contribution in [0.4, 0.5) is 0 Å². The number of rotatable bonds is 4. The lowest BCUT2D eigenvalue weighted by Crippen LogP contribution is -2.30. The molecule has 1 aliphatic heterocycles. The van der Waals surface area contributed by atoms with Gasteiger partial charge in [0.25, 0.3) is 0 Å². The van der Waals surface area contributed by atoms with Crippen LogP contribution in [0.3, 0.4) is 0 Å². The summed E-state index contributed by atoms with van der Waals surface area (Å²) in [6.07, 6.45) is 3.82. The Bertz CT molecular complexity index is 1100. The molecule has 3 aliphatic rings. The second-order valence-corrected chi connectivity index (χ2v) is 9.16. The highest BCUT2D eigenvalue weighted by atomic mass is 35.5. The fourth-order valence-corrected chi connectivity index (χ4v) is 5.38. The monoisotopic (exact) mass is 468 g/mol. The van der Waals surface area contributed by atoms with E-state index in [4.69, 9.17) is 32.7 Å². The summed E-state index contributed by atoms with van der Waals surface area (Å²) < 4.78 is 12.0. The van der Waals surface area contributed by atoms with Crippen molar-refractivity contribution in [1.82, 2.24) is 0 Å². The molecule has 5 rings (SSSR count). The van der Waals surface area contributed by atoms with E-state index in [1.54, 1.807) is 12.1 Å². The van der Waals surface area contributed by atoms with Crippen molar-refractivity contribution in [2.45, 2.75) is 51.0 Å². The summed E-state index contributed by atoms with van der Waals surface area (Å²) in [5, 5.41) is 0.705. The number of halogens is 2. The highest BCUT2D eigenvalue weighted by molar-refractivity contribution is 6.37. The van der Waals surface area contributed by atoms with Crippen molar-refractivity contribution in [1.29, 1.82) is 0 Å². The Balaban J connectivity index is 1.55. The molecule has 0 radical (unpaired) electrons. The predicted molar refractivity (Wildman–Crippen MR) is 123 cm³/mol. The lowest BCUT2D eigenvalue weighted by molar-refractivity contribution is -0.117. The molecule has 164 valence electrons. The van der Waals surface area contributed by atoms with Gasteiger partial charge in [0.2, 0.25) is 0 Å². The predicted octanol–water partition coefficient (Wildman–Crippen LogP) is 6.70. The fraction of sp³-hybridized carbons (Fsp3) is 0.308. The van der Waals surface area contributed by atoms with E-state index in [0.717, 1.165) is 24.0 Å². The zero-order valence-corrected chi connectivity index (χ0v) is 19.0. The molecule has 1 heterocycles. The van der Waals surface area contributed by atoms with Crippen LogP contribution in [-0.2, 0) is 20.9 Å². The molecule has 4 nitrogen and oxygen atoms in total. The summed E-state index contributed by atoms with van der Waals surface area (Å²) in [5.41, 5.74) is 2.88. The van der Waals surface area contributed by atoms with Gasteiger partial charge in [-0.1, -0.05) is 53.5 Å². The lowest BCUT2D eigenvalue weighted by atomic mass is 9.73.